The molecule has 2 bridgehead atoms. The molecule has 3 aromatic rings. The van der Waals surface area contributed by atoms with Gasteiger partial charge in [-0.2, -0.15) is 0 Å². The van der Waals surface area contributed by atoms with Crippen molar-refractivity contribution in [2.75, 3.05) is 10.6 Å². The van der Waals surface area contributed by atoms with E-state index in [0.717, 1.165) is 11.6 Å². The van der Waals surface area contributed by atoms with Crippen LogP contribution in [-0.2, 0) is 0 Å². The minimum Gasteiger partial charge on any atom is -0.378 e. The molecule has 0 unspecified atom stereocenters. The van der Waals surface area contributed by atoms with E-state index in [9.17, 15) is 9.18 Å². The number of anilines is 2. The fraction of sp³-hybridized carbons (Fsp3) is 0.296. The van der Waals surface area contributed by atoms with Gasteiger partial charge in [-0.05, 0) is 84.4 Å². The Morgan fingerprint density at radius 2 is 1.71 bits per heavy atom. The van der Waals surface area contributed by atoms with Gasteiger partial charge in [-0.25, -0.2) is 4.39 Å². The highest BCUT2D eigenvalue weighted by atomic mass is 19.1. The van der Waals surface area contributed by atoms with Crippen molar-refractivity contribution in [3.63, 3.8) is 0 Å². The molecule has 1 heterocycles. The lowest BCUT2D eigenvalue weighted by molar-refractivity contribution is 0.102. The van der Waals surface area contributed by atoms with Gasteiger partial charge in [-0.15, -0.1) is 0 Å². The molecule has 156 valence electrons. The van der Waals surface area contributed by atoms with Crippen molar-refractivity contribution < 1.29 is 9.18 Å². The molecule has 2 fully saturated rings. The van der Waals surface area contributed by atoms with Crippen LogP contribution in [0.25, 0.3) is 0 Å². The third-order valence-corrected chi connectivity index (χ3v) is 7.63. The second-order valence-corrected chi connectivity index (χ2v) is 9.21. The van der Waals surface area contributed by atoms with Crippen LogP contribution in [0, 0.1) is 23.6 Å². The first-order chi connectivity index (χ1) is 15.2. The van der Waals surface area contributed by atoms with E-state index < -0.39 is 5.82 Å². The van der Waals surface area contributed by atoms with Gasteiger partial charge in [-0.3, -0.25) is 4.79 Å². The Balaban J connectivity index is 1.36. The highest BCUT2D eigenvalue weighted by Crippen LogP contribution is 2.63. The van der Waals surface area contributed by atoms with Crippen molar-refractivity contribution in [1.29, 1.82) is 0 Å². The molecule has 3 aliphatic rings. The van der Waals surface area contributed by atoms with Gasteiger partial charge < -0.3 is 10.6 Å². The number of fused-ring (bicyclic) bond motifs is 7. The zero-order valence-corrected chi connectivity index (χ0v) is 17.2. The average molecular weight is 413 g/mol. The third kappa shape index (κ3) is 3.04. The van der Waals surface area contributed by atoms with Crippen LogP contribution in [-0.4, -0.2) is 5.91 Å². The molecule has 5 atom stereocenters. The van der Waals surface area contributed by atoms with E-state index in [1.165, 1.54) is 36.5 Å². The summed E-state index contributed by atoms with van der Waals surface area (Å²) in [5.41, 5.74) is 4.53. The summed E-state index contributed by atoms with van der Waals surface area (Å²) in [6.45, 7) is 0. The Labute approximate surface area is 181 Å². The first-order valence-corrected chi connectivity index (χ1v) is 11.2. The monoisotopic (exact) mass is 412 g/mol. The number of hydrogen-bond donors (Lipinski definition) is 2. The van der Waals surface area contributed by atoms with Crippen molar-refractivity contribution in [3.05, 3.63) is 95.3 Å². The molecule has 1 aliphatic heterocycles. The third-order valence-electron chi connectivity index (χ3n) is 7.63. The van der Waals surface area contributed by atoms with Gasteiger partial charge in [-0.1, -0.05) is 42.5 Å². The molecule has 0 radical (unpaired) electrons. The lowest BCUT2D eigenvalue weighted by Gasteiger charge is -2.43. The number of hydrogen-bond acceptors (Lipinski definition) is 2. The van der Waals surface area contributed by atoms with E-state index in [1.54, 1.807) is 18.2 Å². The van der Waals surface area contributed by atoms with Crippen molar-refractivity contribution in [3.8, 4) is 0 Å². The highest BCUT2D eigenvalue weighted by Gasteiger charge is 2.53. The van der Waals surface area contributed by atoms with Crippen molar-refractivity contribution >= 4 is 17.3 Å². The Morgan fingerprint density at radius 3 is 2.55 bits per heavy atom. The maximum Gasteiger partial charge on any atom is 0.255 e. The second-order valence-electron chi connectivity index (χ2n) is 9.21. The zero-order chi connectivity index (χ0) is 20.9. The first kappa shape index (κ1) is 18.6. The largest absolute Gasteiger partial charge is 0.378 e. The van der Waals surface area contributed by atoms with Gasteiger partial charge in [0, 0.05) is 11.3 Å². The lowest BCUT2D eigenvalue weighted by atomic mass is 9.68. The molecule has 0 saturated heterocycles. The SMILES string of the molecule is O=C(Nc1ccccc1F)c1ccc2c(c1)[C@@H]1[C@H]3CC[C@@H](C3)[C@@H]1[C@@H](c1ccccc1)N2. The summed E-state index contributed by atoms with van der Waals surface area (Å²) in [6, 6.07) is 23.3. The molecule has 3 nitrogen and oxygen atoms in total. The van der Waals surface area contributed by atoms with E-state index in [-0.39, 0.29) is 11.6 Å². The van der Waals surface area contributed by atoms with Crippen LogP contribution in [0.15, 0.2) is 72.8 Å². The van der Waals surface area contributed by atoms with Crippen molar-refractivity contribution in [2.45, 2.75) is 31.2 Å². The number of rotatable bonds is 3. The molecule has 2 N–H and O–H groups in total. The Hall–Kier alpha value is -3.14. The average Bonchev–Trinajstić information content (AvgIpc) is 3.43. The minimum absolute atomic E-state index is 0.213. The van der Waals surface area contributed by atoms with Crippen LogP contribution >= 0.6 is 0 Å². The van der Waals surface area contributed by atoms with Crippen LogP contribution in [0.4, 0.5) is 15.8 Å². The summed E-state index contributed by atoms with van der Waals surface area (Å²) in [5.74, 6) is 1.76. The molecule has 1 amide bonds. The van der Waals surface area contributed by atoms with Crippen molar-refractivity contribution in [1.82, 2.24) is 0 Å². The van der Waals surface area contributed by atoms with Gasteiger partial charge in [0.2, 0.25) is 0 Å². The van der Waals surface area contributed by atoms with Crippen LogP contribution in [0.5, 0.6) is 0 Å². The molecule has 2 aliphatic carbocycles. The Bertz CT molecular complexity index is 1140. The van der Waals surface area contributed by atoms with Crippen molar-refractivity contribution in [2.24, 2.45) is 17.8 Å². The molecule has 4 heteroatoms. The molecular weight excluding hydrogens is 387 g/mol. The summed E-state index contributed by atoms with van der Waals surface area (Å²) >= 11 is 0. The van der Waals surface area contributed by atoms with E-state index in [4.69, 9.17) is 0 Å². The highest BCUT2D eigenvalue weighted by molar-refractivity contribution is 6.04. The molecular formula is C27H25FN2O. The smallest absolute Gasteiger partial charge is 0.255 e. The van der Waals surface area contributed by atoms with Gasteiger partial charge >= 0.3 is 0 Å². The number of nitrogens with one attached hydrogen (secondary N) is 2. The topological polar surface area (TPSA) is 41.1 Å². The van der Waals surface area contributed by atoms with Crippen LogP contribution in [0.2, 0.25) is 0 Å². The number of benzene rings is 3. The fourth-order valence-electron chi connectivity index (χ4n) is 6.37. The maximum absolute atomic E-state index is 14.0. The summed E-state index contributed by atoms with van der Waals surface area (Å²) < 4.78 is 14.0. The zero-order valence-electron chi connectivity index (χ0n) is 17.2. The van der Waals surface area contributed by atoms with Gasteiger partial charge in [0.1, 0.15) is 5.82 Å². The van der Waals surface area contributed by atoms with E-state index in [0.29, 0.717) is 29.4 Å². The Kier molecular flexibility index (Phi) is 4.34. The Morgan fingerprint density at radius 1 is 0.935 bits per heavy atom. The number of carbonyl (C=O) groups excluding carboxylic acids is 1. The molecule has 3 aromatic carbocycles. The van der Waals surface area contributed by atoms with E-state index >= 15 is 0 Å². The summed E-state index contributed by atoms with van der Waals surface area (Å²) in [4.78, 5) is 12.9. The predicted molar refractivity (Wildman–Crippen MR) is 121 cm³/mol. The van der Waals surface area contributed by atoms with Gasteiger partial charge in [0.05, 0.1) is 11.7 Å². The number of carbonyl (C=O) groups is 1. The second kappa shape index (κ2) is 7.23. The number of para-hydroxylation sites is 1. The van der Waals surface area contributed by atoms with Crippen LogP contribution in [0.1, 0.15) is 52.7 Å². The lowest BCUT2D eigenvalue weighted by Crippen LogP contribution is -2.35. The number of amides is 1. The van der Waals surface area contributed by atoms with E-state index in [1.807, 2.05) is 18.2 Å². The normalized spacial score (nSPS) is 27.8. The molecule has 6 rings (SSSR count). The van der Waals surface area contributed by atoms with Crippen LogP contribution in [0.3, 0.4) is 0 Å². The van der Waals surface area contributed by atoms with Gasteiger partial charge in [0.25, 0.3) is 5.91 Å². The summed E-state index contributed by atoms with van der Waals surface area (Å²) in [7, 11) is 0. The predicted octanol–water partition coefficient (Wildman–Crippen LogP) is 6.37. The number of halogens is 1. The molecule has 2 saturated carbocycles. The minimum atomic E-state index is -0.422. The molecule has 0 aromatic heterocycles. The van der Waals surface area contributed by atoms with Crippen LogP contribution < -0.4 is 10.6 Å². The maximum atomic E-state index is 14.0. The first-order valence-electron chi connectivity index (χ1n) is 11.2. The quantitative estimate of drug-likeness (QED) is 0.524. The van der Waals surface area contributed by atoms with Gasteiger partial charge in [0.15, 0.2) is 0 Å². The summed E-state index contributed by atoms with van der Waals surface area (Å²) in [6.07, 6.45) is 3.86. The van der Waals surface area contributed by atoms with E-state index in [2.05, 4.69) is 41.0 Å². The standard InChI is InChI=1S/C27H25FN2O/c28-21-8-4-5-9-23(21)30-27(31)19-12-13-22-20(15-19)24-17-10-11-18(14-17)25(24)26(29-22)16-6-2-1-3-7-16/h1-9,12-13,15,17-18,24-26,29H,10-11,14H2,(H,30,31)/t17-,18-,24-,25-,26+/m0/s1. The summed E-state index contributed by atoms with van der Waals surface area (Å²) in [5, 5.41) is 6.53. The molecule has 0 spiro atoms. The fourth-order valence-corrected chi connectivity index (χ4v) is 6.37. The molecule has 31 heavy (non-hydrogen) atoms.